The Bertz CT molecular complexity index is 409. The Morgan fingerprint density at radius 2 is 2.18 bits per heavy atom. The maximum absolute atomic E-state index is 5.95. The highest BCUT2D eigenvalue weighted by molar-refractivity contribution is 5.40. The van der Waals surface area contributed by atoms with E-state index in [2.05, 4.69) is 37.4 Å². The van der Waals surface area contributed by atoms with Crippen molar-refractivity contribution in [3.63, 3.8) is 0 Å². The van der Waals surface area contributed by atoms with E-state index in [4.69, 9.17) is 4.74 Å². The molecule has 92 valence electrons. The summed E-state index contributed by atoms with van der Waals surface area (Å²) < 4.78 is 5.95. The van der Waals surface area contributed by atoms with Gasteiger partial charge < -0.3 is 10.1 Å². The van der Waals surface area contributed by atoms with E-state index >= 15 is 0 Å². The highest BCUT2D eigenvalue weighted by Crippen LogP contribution is 2.30. The first-order chi connectivity index (χ1) is 8.20. The molecule has 0 amide bonds. The van der Waals surface area contributed by atoms with Crippen LogP contribution in [0, 0.1) is 12.8 Å². The van der Waals surface area contributed by atoms with E-state index in [0.29, 0.717) is 6.10 Å². The van der Waals surface area contributed by atoms with Crippen molar-refractivity contribution in [3.8, 4) is 5.75 Å². The predicted octanol–water partition coefficient (Wildman–Crippen LogP) is 2.69. The highest BCUT2D eigenvalue weighted by Gasteiger charge is 2.28. The minimum atomic E-state index is 0.336. The Balaban J connectivity index is 1.52. The average Bonchev–Trinajstić information content (AvgIpc) is 2.64. The lowest BCUT2D eigenvalue weighted by molar-refractivity contribution is 0.185. The molecular weight excluding hydrogens is 210 g/mol. The van der Waals surface area contributed by atoms with Gasteiger partial charge in [0.05, 0.1) is 0 Å². The van der Waals surface area contributed by atoms with Crippen molar-refractivity contribution in [1.82, 2.24) is 5.32 Å². The molecule has 1 aromatic carbocycles. The van der Waals surface area contributed by atoms with Gasteiger partial charge in [0.1, 0.15) is 11.9 Å². The molecule has 2 nitrogen and oxygen atoms in total. The van der Waals surface area contributed by atoms with E-state index in [9.17, 15) is 0 Å². The maximum Gasteiger partial charge on any atom is 0.123 e. The van der Waals surface area contributed by atoms with Crippen molar-refractivity contribution in [3.05, 3.63) is 29.3 Å². The number of ether oxygens (including phenoxy) is 1. The molecule has 1 unspecified atom stereocenters. The van der Waals surface area contributed by atoms with E-state index in [1.54, 1.807) is 0 Å². The number of hydrogen-bond donors (Lipinski definition) is 1. The van der Waals surface area contributed by atoms with Crippen molar-refractivity contribution >= 4 is 0 Å². The van der Waals surface area contributed by atoms with Gasteiger partial charge in [-0.25, -0.2) is 0 Å². The Kier molecular flexibility index (Phi) is 2.83. The first-order valence-electron chi connectivity index (χ1n) is 6.70. The topological polar surface area (TPSA) is 21.3 Å². The van der Waals surface area contributed by atoms with E-state index in [0.717, 1.165) is 30.7 Å². The molecule has 1 aromatic rings. The smallest absolute Gasteiger partial charge is 0.123 e. The molecule has 1 aliphatic carbocycles. The second kappa shape index (κ2) is 4.34. The summed E-state index contributed by atoms with van der Waals surface area (Å²) in [6, 6.07) is 7.22. The number of fused-ring (bicyclic) bond motifs is 1. The Morgan fingerprint density at radius 1 is 1.35 bits per heavy atom. The van der Waals surface area contributed by atoms with E-state index in [1.165, 1.54) is 24.0 Å². The third kappa shape index (κ3) is 2.32. The molecule has 2 aliphatic rings. The van der Waals surface area contributed by atoms with Gasteiger partial charge in [0, 0.05) is 19.0 Å². The fourth-order valence-electron chi connectivity index (χ4n) is 2.93. The second-order valence-corrected chi connectivity index (χ2v) is 5.74. The Labute approximate surface area is 103 Å². The first-order valence-corrected chi connectivity index (χ1v) is 6.70. The van der Waals surface area contributed by atoms with E-state index in [-0.39, 0.29) is 0 Å². The molecule has 0 radical (unpaired) electrons. The van der Waals surface area contributed by atoms with Gasteiger partial charge in [-0.15, -0.1) is 0 Å². The molecular formula is C15H21NO. The first kappa shape index (κ1) is 11.1. The molecule has 1 N–H and O–H groups in total. The summed E-state index contributed by atoms with van der Waals surface area (Å²) in [5.41, 5.74) is 2.70. The van der Waals surface area contributed by atoms with Crippen LogP contribution in [0.25, 0.3) is 0 Å². The molecule has 1 saturated carbocycles. The van der Waals surface area contributed by atoms with Crippen LogP contribution in [0.1, 0.15) is 30.9 Å². The summed E-state index contributed by atoms with van der Waals surface area (Å²) in [7, 11) is 0. The van der Waals surface area contributed by atoms with Crippen LogP contribution in [-0.2, 0) is 6.42 Å². The molecule has 1 heterocycles. The average molecular weight is 231 g/mol. The third-order valence-corrected chi connectivity index (χ3v) is 3.97. The minimum Gasteiger partial charge on any atom is -0.488 e. The number of nitrogens with one attached hydrogen (secondary N) is 1. The minimum absolute atomic E-state index is 0.336. The number of benzene rings is 1. The third-order valence-electron chi connectivity index (χ3n) is 3.97. The molecule has 1 aliphatic heterocycles. The molecule has 0 spiro atoms. The van der Waals surface area contributed by atoms with Gasteiger partial charge in [0.2, 0.25) is 0 Å². The quantitative estimate of drug-likeness (QED) is 0.863. The zero-order valence-electron chi connectivity index (χ0n) is 10.7. The highest BCUT2D eigenvalue weighted by atomic mass is 16.5. The van der Waals surface area contributed by atoms with Crippen LogP contribution in [0.5, 0.6) is 5.75 Å². The van der Waals surface area contributed by atoms with Crippen LogP contribution in [0.15, 0.2) is 18.2 Å². The molecule has 0 saturated heterocycles. The van der Waals surface area contributed by atoms with Crippen LogP contribution in [0.3, 0.4) is 0 Å². The van der Waals surface area contributed by atoms with Crippen LogP contribution >= 0.6 is 0 Å². The zero-order chi connectivity index (χ0) is 11.8. The SMILES string of the molecule is Cc1ccc2c(c1)CC(CNC1CC(C)C1)O2. The fraction of sp³-hybridized carbons (Fsp3) is 0.600. The summed E-state index contributed by atoms with van der Waals surface area (Å²) in [5, 5.41) is 3.62. The van der Waals surface area contributed by atoms with Gasteiger partial charge in [0.15, 0.2) is 0 Å². The molecule has 2 heteroatoms. The zero-order valence-corrected chi connectivity index (χ0v) is 10.7. The molecule has 1 fully saturated rings. The maximum atomic E-state index is 5.95. The lowest BCUT2D eigenvalue weighted by Crippen LogP contribution is -2.44. The fourth-order valence-corrected chi connectivity index (χ4v) is 2.93. The molecule has 3 rings (SSSR count). The van der Waals surface area contributed by atoms with E-state index < -0.39 is 0 Å². The van der Waals surface area contributed by atoms with Crippen molar-refractivity contribution < 1.29 is 4.74 Å². The standard InChI is InChI=1S/C15H21NO/c1-10-3-4-15-12(5-10)8-14(17-15)9-16-13-6-11(2)7-13/h3-5,11,13-14,16H,6-9H2,1-2H3. The Morgan fingerprint density at radius 3 is 2.94 bits per heavy atom. The predicted molar refractivity (Wildman–Crippen MR) is 69.5 cm³/mol. The summed E-state index contributed by atoms with van der Waals surface area (Å²) in [5.74, 6) is 2.00. The second-order valence-electron chi connectivity index (χ2n) is 5.74. The van der Waals surface area contributed by atoms with Crippen LogP contribution in [0.4, 0.5) is 0 Å². The van der Waals surface area contributed by atoms with Gasteiger partial charge in [-0.3, -0.25) is 0 Å². The van der Waals surface area contributed by atoms with Crippen LogP contribution in [0.2, 0.25) is 0 Å². The Hall–Kier alpha value is -1.02. The summed E-state index contributed by atoms with van der Waals surface area (Å²) in [6.07, 6.45) is 4.06. The number of aryl methyl sites for hydroxylation is 1. The lowest BCUT2D eigenvalue weighted by atomic mass is 9.82. The van der Waals surface area contributed by atoms with Crippen molar-refractivity contribution in [2.24, 2.45) is 5.92 Å². The number of hydrogen-bond acceptors (Lipinski definition) is 2. The van der Waals surface area contributed by atoms with Gasteiger partial charge >= 0.3 is 0 Å². The summed E-state index contributed by atoms with van der Waals surface area (Å²) in [4.78, 5) is 0. The van der Waals surface area contributed by atoms with Crippen molar-refractivity contribution in [2.45, 2.75) is 45.3 Å². The van der Waals surface area contributed by atoms with Crippen LogP contribution < -0.4 is 10.1 Å². The van der Waals surface area contributed by atoms with Gasteiger partial charge in [-0.05, 0) is 37.3 Å². The molecule has 0 bridgehead atoms. The van der Waals surface area contributed by atoms with Gasteiger partial charge in [-0.2, -0.15) is 0 Å². The largest absolute Gasteiger partial charge is 0.488 e. The summed E-state index contributed by atoms with van der Waals surface area (Å²) >= 11 is 0. The molecule has 0 aromatic heterocycles. The lowest BCUT2D eigenvalue weighted by Gasteiger charge is -2.34. The van der Waals surface area contributed by atoms with Crippen molar-refractivity contribution in [1.29, 1.82) is 0 Å². The van der Waals surface area contributed by atoms with Crippen molar-refractivity contribution in [2.75, 3.05) is 6.54 Å². The monoisotopic (exact) mass is 231 g/mol. The van der Waals surface area contributed by atoms with Gasteiger partial charge in [-0.1, -0.05) is 24.6 Å². The number of rotatable bonds is 3. The van der Waals surface area contributed by atoms with Crippen LogP contribution in [-0.4, -0.2) is 18.7 Å². The van der Waals surface area contributed by atoms with E-state index in [1.807, 2.05) is 0 Å². The normalized spacial score (nSPS) is 30.6. The van der Waals surface area contributed by atoms with Gasteiger partial charge in [0.25, 0.3) is 0 Å². The summed E-state index contributed by atoms with van der Waals surface area (Å²) in [6.45, 7) is 5.45. The molecule has 1 atom stereocenters. The molecule has 17 heavy (non-hydrogen) atoms.